The second-order valence-corrected chi connectivity index (χ2v) is 8.35. The highest BCUT2D eigenvalue weighted by molar-refractivity contribution is 7.92. The van der Waals surface area contributed by atoms with Gasteiger partial charge < -0.3 is 14.8 Å². The molecule has 2 aromatic rings. The molecule has 0 unspecified atom stereocenters. The monoisotopic (exact) mass is 406 g/mol. The van der Waals surface area contributed by atoms with Gasteiger partial charge in [0.2, 0.25) is 15.9 Å². The fourth-order valence-corrected chi connectivity index (χ4v) is 3.41. The lowest BCUT2D eigenvalue weighted by Crippen LogP contribution is -2.41. The molecule has 0 heterocycles. The van der Waals surface area contributed by atoms with E-state index < -0.39 is 15.9 Å². The summed E-state index contributed by atoms with van der Waals surface area (Å²) in [6.07, 6.45) is 1.06. The number of amides is 1. The summed E-state index contributed by atoms with van der Waals surface area (Å²) in [5.74, 6) is 0.856. The molecule has 7 nitrogen and oxygen atoms in total. The minimum Gasteiger partial charge on any atom is -0.497 e. The van der Waals surface area contributed by atoms with Gasteiger partial charge in [0.15, 0.2) is 0 Å². The lowest BCUT2D eigenvalue weighted by Gasteiger charge is -2.22. The standard InChI is InChI=1S/C20H26N2O5S/c1-15-8-9-16(2)19(12-15)27-11-10-21-20(23)14-22(28(4,24)25)17-6-5-7-18(13-17)26-3/h5-9,12-13H,10-11,14H2,1-4H3,(H,21,23). The van der Waals surface area contributed by atoms with Crippen molar-refractivity contribution >= 4 is 21.6 Å². The molecule has 0 aliphatic carbocycles. The number of hydrogen-bond acceptors (Lipinski definition) is 5. The van der Waals surface area contributed by atoms with Gasteiger partial charge in [-0.15, -0.1) is 0 Å². The molecule has 0 atom stereocenters. The number of carbonyl (C=O) groups excluding carboxylic acids is 1. The molecule has 0 aromatic heterocycles. The van der Waals surface area contributed by atoms with Gasteiger partial charge in [0.25, 0.3) is 0 Å². The summed E-state index contributed by atoms with van der Waals surface area (Å²) in [6.45, 7) is 4.16. The van der Waals surface area contributed by atoms with Crippen LogP contribution in [0.15, 0.2) is 42.5 Å². The van der Waals surface area contributed by atoms with Gasteiger partial charge in [-0.25, -0.2) is 8.42 Å². The van der Waals surface area contributed by atoms with E-state index in [-0.39, 0.29) is 19.7 Å². The first-order valence-electron chi connectivity index (χ1n) is 8.79. The summed E-state index contributed by atoms with van der Waals surface area (Å²) in [4.78, 5) is 12.3. The summed E-state index contributed by atoms with van der Waals surface area (Å²) in [5, 5.41) is 2.69. The Kier molecular flexibility index (Phi) is 7.28. The molecule has 0 radical (unpaired) electrons. The maximum absolute atomic E-state index is 12.3. The van der Waals surface area contributed by atoms with Crippen LogP contribution in [0.25, 0.3) is 0 Å². The molecule has 2 aromatic carbocycles. The molecule has 0 spiro atoms. The third-order valence-electron chi connectivity index (χ3n) is 4.05. The van der Waals surface area contributed by atoms with Crippen LogP contribution in [0.2, 0.25) is 0 Å². The Morgan fingerprint density at radius 2 is 1.89 bits per heavy atom. The van der Waals surface area contributed by atoms with Crippen LogP contribution >= 0.6 is 0 Å². The number of ether oxygens (including phenoxy) is 2. The highest BCUT2D eigenvalue weighted by Crippen LogP contribution is 2.23. The highest BCUT2D eigenvalue weighted by Gasteiger charge is 2.21. The lowest BCUT2D eigenvalue weighted by molar-refractivity contribution is -0.119. The van der Waals surface area contributed by atoms with Crippen LogP contribution in [0.3, 0.4) is 0 Å². The number of aryl methyl sites for hydroxylation is 2. The van der Waals surface area contributed by atoms with Crippen molar-refractivity contribution in [3.63, 3.8) is 0 Å². The second kappa shape index (κ2) is 9.45. The number of methoxy groups -OCH3 is 1. The van der Waals surface area contributed by atoms with Crippen LogP contribution in [0.4, 0.5) is 5.69 Å². The maximum atomic E-state index is 12.3. The van der Waals surface area contributed by atoms with Crippen molar-refractivity contribution in [2.75, 3.05) is 37.4 Å². The Morgan fingerprint density at radius 1 is 1.14 bits per heavy atom. The number of hydrogen-bond donors (Lipinski definition) is 1. The molecule has 0 aliphatic rings. The number of sulfonamides is 1. The summed E-state index contributed by atoms with van der Waals surface area (Å²) in [7, 11) is -2.14. The van der Waals surface area contributed by atoms with Crippen LogP contribution in [0.5, 0.6) is 11.5 Å². The smallest absolute Gasteiger partial charge is 0.240 e. The molecule has 0 saturated heterocycles. The Morgan fingerprint density at radius 3 is 2.57 bits per heavy atom. The fourth-order valence-electron chi connectivity index (χ4n) is 2.57. The minimum atomic E-state index is -3.64. The molecule has 0 saturated carbocycles. The van der Waals surface area contributed by atoms with Crippen molar-refractivity contribution < 1.29 is 22.7 Å². The zero-order chi connectivity index (χ0) is 20.7. The molecule has 2 rings (SSSR count). The van der Waals surface area contributed by atoms with Crippen LogP contribution < -0.4 is 19.1 Å². The van der Waals surface area contributed by atoms with Crippen molar-refractivity contribution in [3.8, 4) is 11.5 Å². The quantitative estimate of drug-likeness (QED) is 0.646. The molecule has 28 heavy (non-hydrogen) atoms. The molecule has 8 heteroatoms. The molecular formula is C20H26N2O5S. The van der Waals surface area contributed by atoms with Crippen LogP contribution in [0.1, 0.15) is 11.1 Å². The van der Waals surface area contributed by atoms with E-state index in [0.717, 1.165) is 27.4 Å². The maximum Gasteiger partial charge on any atom is 0.240 e. The van der Waals surface area contributed by atoms with Crippen molar-refractivity contribution in [2.45, 2.75) is 13.8 Å². The lowest BCUT2D eigenvalue weighted by atomic mass is 10.1. The molecule has 1 amide bonds. The van der Waals surface area contributed by atoms with Gasteiger partial charge in [0.05, 0.1) is 25.6 Å². The van der Waals surface area contributed by atoms with E-state index in [9.17, 15) is 13.2 Å². The first kappa shape index (κ1) is 21.6. The Bertz CT molecular complexity index is 928. The number of nitrogens with one attached hydrogen (secondary N) is 1. The fraction of sp³-hybridized carbons (Fsp3) is 0.350. The summed E-state index contributed by atoms with van der Waals surface area (Å²) in [6, 6.07) is 12.5. The SMILES string of the molecule is COc1cccc(N(CC(=O)NCCOc2cc(C)ccc2C)S(C)(=O)=O)c1. The van der Waals surface area contributed by atoms with E-state index in [2.05, 4.69) is 5.32 Å². The zero-order valence-electron chi connectivity index (χ0n) is 16.6. The minimum absolute atomic E-state index is 0.266. The number of carbonyl (C=O) groups is 1. The Hall–Kier alpha value is -2.74. The first-order chi connectivity index (χ1) is 13.2. The van der Waals surface area contributed by atoms with E-state index in [1.807, 2.05) is 32.0 Å². The van der Waals surface area contributed by atoms with E-state index >= 15 is 0 Å². The van der Waals surface area contributed by atoms with Gasteiger partial charge in [0, 0.05) is 6.07 Å². The van der Waals surface area contributed by atoms with Gasteiger partial charge in [-0.1, -0.05) is 18.2 Å². The molecular weight excluding hydrogens is 380 g/mol. The number of benzene rings is 2. The molecule has 0 aliphatic heterocycles. The van der Waals surface area contributed by atoms with E-state index in [0.29, 0.717) is 11.4 Å². The van der Waals surface area contributed by atoms with Crippen LogP contribution in [-0.4, -0.2) is 47.4 Å². The normalized spacial score (nSPS) is 11.0. The topological polar surface area (TPSA) is 84.9 Å². The van der Waals surface area contributed by atoms with Gasteiger partial charge >= 0.3 is 0 Å². The Labute approximate surface area is 166 Å². The van der Waals surface area contributed by atoms with Crippen molar-refractivity contribution in [2.24, 2.45) is 0 Å². The number of nitrogens with zero attached hydrogens (tertiary/aromatic N) is 1. The van der Waals surface area contributed by atoms with Gasteiger partial charge in [-0.3, -0.25) is 9.10 Å². The summed E-state index contributed by atoms with van der Waals surface area (Å²) in [5.41, 5.74) is 2.47. The van der Waals surface area contributed by atoms with Crippen molar-refractivity contribution in [1.82, 2.24) is 5.32 Å². The summed E-state index contributed by atoms with van der Waals surface area (Å²) < 4.78 is 36.1. The zero-order valence-corrected chi connectivity index (χ0v) is 17.4. The average molecular weight is 407 g/mol. The molecule has 1 N–H and O–H groups in total. The number of rotatable bonds is 9. The number of anilines is 1. The molecule has 0 bridgehead atoms. The van der Waals surface area contributed by atoms with Gasteiger partial charge in [-0.05, 0) is 43.2 Å². The Balaban J connectivity index is 1.94. The first-order valence-corrected chi connectivity index (χ1v) is 10.6. The average Bonchev–Trinajstić information content (AvgIpc) is 2.65. The predicted octanol–water partition coefficient (Wildman–Crippen LogP) is 2.27. The summed E-state index contributed by atoms with van der Waals surface area (Å²) >= 11 is 0. The van der Waals surface area contributed by atoms with Crippen LogP contribution in [-0.2, 0) is 14.8 Å². The molecule has 152 valence electrons. The molecule has 0 fully saturated rings. The van der Waals surface area contributed by atoms with Crippen molar-refractivity contribution in [3.05, 3.63) is 53.6 Å². The van der Waals surface area contributed by atoms with Gasteiger partial charge in [0.1, 0.15) is 24.7 Å². The van der Waals surface area contributed by atoms with Crippen LogP contribution in [0, 0.1) is 13.8 Å². The van der Waals surface area contributed by atoms with Crippen molar-refractivity contribution in [1.29, 1.82) is 0 Å². The third-order valence-corrected chi connectivity index (χ3v) is 5.19. The highest BCUT2D eigenvalue weighted by atomic mass is 32.2. The van der Waals surface area contributed by atoms with E-state index in [4.69, 9.17) is 9.47 Å². The van der Waals surface area contributed by atoms with E-state index in [1.54, 1.807) is 24.3 Å². The second-order valence-electron chi connectivity index (χ2n) is 6.44. The largest absolute Gasteiger partial charge is 0.497 e. The van der Waals surface area contributed by atoms with Gasteiger partial charge in [-0.2, -0.15) is 0 Å². The third kappa shape index (κ3) is 6.16. The predicted molar refractivity (Wildman–Crippen MR) is 110 cm³/mol. The van der Waals surface area contributed by atoms with E-state index in [1.165, 1.54) is 7.11 Å².